The van der Waals surface area contributed by atoms with Crippen molar-refractivity contribution < 1.29 is 0 Å². The van der Waals surface area contributed by atoms with Gasteiger partial charge in [-0.3, -0.25) is 0 Å². The van der Waals surface area contributed by atoms with Crippen LogP contribution in [0.5, 0.6) is 0 Å². The summed E-state index contributed by atoms with van der Waals surface area (Å²) in [6.07, 6.45) is 2.38. The maximum atomic E-state index is 4.53. The maximum Gasteiger partial charge on any atom is 0.291 e. The molecule has 3 heterocycles. The number of anilines is 1. The lowest BCUT2D eigenvalue weighted by molar-refractivity contribution is 0.524. The molecule has 1 saturated heterocycles. The average molecular weight is 247 g/mol. The molecule has 0 amide bonds. The molecule has 96 valence electrons. The molecule has 0 spiro atoms. The lowest BCUT2D eigenvalue weighted by Gasteiger charge is -2.16. The third kappa shape index (κ3) is 1.79. The smallest absolute Gasteiger partial charge is 0.291 e. The Labute approximate surface area is 105 Å². The molecule has 0 saturated carbocycles. The van der Waals surface area contributed by atoms with Crippen molar-refractivity contribution in [3.8, 4) is 0 Å². The molecule has 2 aromatic rings. The quantitative estimate of drug-likeness (QED) is 0.742. The van der Waals surface area contributed by atoms with Crippen LogP contribution in [0.4, 0.5) is 5.95 Å². The van der Waals surface area contributed by atoms with E-state index in [1.807, 2.05) is 0 Å². The first-order valence-corrected chi connectivity index (χ1v) is 6.27. The Morgan fingerprint density at radius 1 is 0.944 bits per heavy atom. The molecule has 7 nitrogen and oxygen atoms in total. The van der Waals surface area contributed by atoms with Crippen molar-refractivity contribution in [1.29, 1.82) is 0 Å². The molecule has 0 aromatic carbocycles. The van der Waals surface area contributed by atoms with E-state index >= 15 is 0 Å². The van der Waals surface area contributed by atoms with E-state index in [-0.39, 0.29) is 5.41 Å². The number of nitrogens with zero attached hydrogens (tertiary/aromatic N) is 7. The van der Waals surface area contributed by atoms with Gasteiger partial charge in [0.15, 0.2) is 5.82 Å². The van der Waals surface area contributed by atoms with Gasteiger partial charge in [0, 0.05) is 18.5 Å². The Balaban J connectivity index is 2.09. The molecule has 18 heavy (non-hydrogen) atoms. The summed E-state index contributed by atoms with van der Waals surface area (Å²) in [6.45, 7) is 8.25. The van der Waals surface area contributed by atoms with Crippen LogP contribution in [0.3, 0.4) is 0 Å². The molecular weight excluding hydrogens is 230 g/mol. The summed E-state index contributed by atoms with van der Waals surface area (Å²) in [6, 6.07) is 0. The van der Waals surface area contributed by atoms with Gasteiger partial charge in [0.05, 0.1) is 0 Å². The highest BCUT2D eigenvalue weighted by Crippen LogP contribution is 2.20. The molecule has 7 heteroatoms. The van der Waals surface area contributed by atoms with E-state index < -0.39 is 0 Å². The third-order valence-corrected chi connectivity index (χ3v) is 3.10. The van der Waals surface area contributed by atoms with E-state index in [0.717, 1.165) is 18.9 Å². The number of fused-ring (bicyclic) bond motifs is 1. The largest absolute Gasteiger partial charge is 0.338 e. The van der Waals surface area contributed by atoms with E-state index in [2.05, 4.69) is 51.2 Å². The SMILES string of the molecule is CC(C)(C)c1nnc2nnc(N3CCCC3)nn12. The Hall–Kier alpha value is -1.79. The molecule has 2 aromatic heterocycles. The summed E-state index contributed by atoms with van der Waals surface area (Å²) in [4.78, 5) is 2.15. The Morgan fingerprint density at radius 3 is 2.28 bits per heavy atom. The lowest BCUT2D eigenvalue weighted by Crippen LogP contribution is -2.24. The van der Waals surface area contributed by atoms with Gasteiger partial charge in [-0.25, -0.2) is 0 Å². The second-order valence-electron chi connectivity index (χ2n) is 5.68. The van der Waals surface area contributed by atoms with Crippen LogP contribution >= 0.6 is 0 Å². The fourth-order valence-electron chi connectivity index (χ4n) is 2.14. The summed E-state index contributed by atoms with van der Waals surface area (Å²) < 4.78 is 1.71. The second kappa shape index (κ2) is 3.86. The van der Waals surface area contributed by atoms with Gasteiger partial charge < -0.3 is 4.90 Å². The van der Waals surface area contributed by atoms with Gasteiger partial charge in [0.25, 0.3) is 11.7 Å². The van der Waals surface area contributed by atoms with Crippen molar-refractivity contribution in [2.75, 3.05) is 18.0 Å². The normalized spacial score (nSPS) is 16.7. The first-order valence-electron chi connectivity index (χ1n) is 6.27. The van der Waals surface area contributed by atoms with E-state index in [1.54, 1.807) is 4.52 Å². The summed E-state index contributed by atoms with van der Waals surface area (Å²) in [7, 11) is 0. The highest BCUT2D eigenvalue weighted by atomic mass is 15.5. The van der Waals surface area contributed by atoms with Gasteiger partial charge in [-0.2, -0.15) is 4.52 Å². The van der Waals surface area contributed by atoms with E-state index in [9.17, 15) is 0 Å². The van der Waals surface area contributed by atoms with Gasteiger partial charge in [0.1, 0.15) is 0 Å². The first-order chi connectivity index (χ1) is 8.55. The zero-order chi connectivity index (χ0) is 12.8. The monoisotopic (exact) mass is 247 g/mol. The maximum absolute atomic E-state index is 4.53. The molecule has 0 radical (unpaired) electrons. The van der Waals surface area contributed by atoms with Crippen LogP contribution in [-0.2, 0) is 5.41 Å². The van der Waals surface area contributed by atoms with Gasteiger partial charge in [-0.05, 0) is 12.8 Å². The summed E-state index contributed by atoms with van der Waals surface area (Å²) in [5.74, 6) is 1.95. The minimum Gasteiger partial charge on any atom is -0.338 e. The molecule has 0 bridgehead atoms. The molecule has 1 aliphatic rings. The Morgan fingerprint density at radius 2 is 1.61 bits per heavy atom. The minimum atomic E-state index is -0.113. The average Bonchev–Trinajstić information content (AvgIpc) is 2.96. The summed E-state index contributed by atoms with van der Waals surface area (Å²) in [5.41, 5.74) is -0.113. The zero-order valence-corrected chi connectivity index (χ0v) is 11.0. The lowest BCUT2D eigenvalue weighted by atomic mass is 9.96. The standard InChI is InChI=1S/C11H17N7/c1-11(2,3)8-12-13-9-14-15-10(16-18(8)9)17-6-4-5-7-17/h4-7H2,1-3H3. The first kappa shape index (κ1) is 11.3. The van der Waals surface area contributed by atoms with Crippen LogP contribution in [0.15, 0.2) is 0 Å². The van der Waals surface area contributed by atoms with Gasteiger partial charge >= 0.3 is 0 Å². The highest BCUT2D eigenvalue weighted by molar-refractivity contribution is 5.33. The van der Waals surface area contributed by atoms with Crippen LogP contribution in [0.1, 0.15) is 39.4 Å². The highest BCUT2D eigenvalue weighted by Gasteiger charge is 2.24. The van der Waals surface area contributed by atoms with Gasteiger partial charge in [-0.1, -0.05) is 20.8 Å². The predicted molar refractivity (Wildman–Crippen MR) is 66.5 cm³/mol. The number of hydrogen-bond donors (Lipinski definition) is 0. The predicted octanol–water partition coefficient (Wildman–Crippen LogP) is 0.812. The second-order valence-corrected chi connectivity index (χ2v) is 5.68. The topological polar surface area (TPSA) is 72.1 Å². The van der Waals surface area contributed by atoms with Gasteiger partial charge in [0.2, 0.25) is 0 Å². The number of aromatic nitrogens is 6. The zero-order valence-electron chi connectivity index (χ0n) is 11.0. The van der Waals surface area contributed by atoms with Crippen molar-refractivity contribution in [1.82, 2.24) is 30.0 Å². The summed E-state index contributed by atoms with van der Waals surface area (Å²) in [5, 5.41) is 20.9. The minimum absolute atomic E-state index is 0.113. The van der Waals surface area contributed by atoms with E-state index in [4.69, 9.17) is 0 Å². The molecule has 0 N–H and O–H groups in total. The van der Waals surface area contributed by atoms with E-state index in [0.29, 0.717) is 11.7 Å². The Kier molecular flexibility index (Phi) is 2.42. The van der Waals surface area contributed by atoms with Crippen molar-refractivity contribution in [2.45, 2.75) is 39.0 Å². The molecule has 1 fully saturated rings. The van der Waals surface area contributed by atoms with Crippen LogP contribution in [0, 0.1) is 0 Å². The van der Waals surface area contributed by atoms with Crippen molar-refractivity contribution in [3.05, 3.63) is 5.82 Å². The fourth-order valence-corrected chi connectivity index (χ4v) is 2.14. The van der Waals surface area contributed by atoms with Crippen molar-refractivity contribution in [2.24, 2.45) is 0 Å². The van der Waals surface area contributed by atoms with Crippen molar-refractivity contribution >= 4 is 11.7 Å². The molecule has 0 aliphatic carbocycles. The molecule has 3 rings (SSSR count). The molecular formula is C11H17N7. The van der Waals surface area contributed by atoms with Crippen LogP contribution < -0.4 is 4.90 Å². The van der Waals surface area contributed by atoms with E-state index in [1.165, 1.54) is 12.8 Å². The van der Waals surface area contributed by atoms with Crippen LogP contribution in [0.25, 0.3) is 5.78 Å². The molecule has 0 atom stereocenters. The Bertz CT molecular complexity index is 562. The van der Waals surface area contributed by atoms with Gasteiger partial charge in [-0.15, -0.1) is 25.5 Å². The fraction of sp³-hybridized carbons (Fsp3) is 0.727. The number of rotatable bonds is 1. The third-order valence-electron chi connectivity index (χ3n) is 3.10. The summed E-state index contributed by atoms with van der Waals surface area (Å²) >= 11 is 0. The molecule has 0 unspecified atom stereocenters. The van der Waals surface area contributed by atoms with Crippen molar-refractivity contribution in [3.63, 3.8) is 0 Å². The molecule has 1 aliphatic heterocycles. The van der Waals surface area contributed by atoms with Crippen LogP contribution in [0.2, 0.25) is 0 Å². The van der Waals surface area contributed by atoms with Crippen LogP contribution in [-0.4, -0.2) is 43.1 Å². The number of hydrogen-bond acceptors (Lipinski definition) is 6.